The number of carbonyl (C=O) groups excluding carboxylic acids is 2. The van der Waals surface area contributed by atoms with Gasteiger partial charge in [0.1, 0.15) is 5.78 Å². The maximum Gasteiger partial charge on any atom is 0.239 e. The Bertz CT molecular complexity index is 894. The number of Topliss-reactive ketones (excluding diaryl/α,β-unsaturated/α-hetero) is 1. The van der Waals surface area contributed by atoms with Crippen molar-refractivity contribution in [2.45, 2.75) is 43.3 Å². The Morgan fingerprint density at radius 2 is 1.77 bits per heavy atom. The summed E-state index contributed by atoms with van der Waals surface area (Å²) in [5, 5.41) is 0. The van der Waals surface area contributed by atoms with Crippen molar-refractivity contribution in [2.24, 2.45) is 0 Å². The van der Waals surface area contributed by atoms with Crippen molar-refractivity contribution in [3.05, 3.63) is 65.7 Å². The number of piperidine rings is 1. The Morgan fingerprint density at radius 1 is 1.04 bits per heavy atom. The van der Waals surface area contributed by atoms with E-state index in [1.165, 1.54) is 5.56 Å². The van der Waals surface area contributed by atoms with Crippen molar-refractivity contribution in [3.8, 4) is 0 Å². The molecule has 3 aliphatic rings. The van der Waals surface area contributed by atoms with Crippen molar-refractivity contribution in [1.29, 1.82) is 0 Å². The smallest absolute Gasteiger partial charge is 0.239 e. The van der Waals surface area contributed by atoms with E-state index in [0.717, 1.165) is 24.2 Å². The summed E-state index contributed by atoms with van der Waals surface area (Å²) < 4.78 is 0. The summed E-state index contributed by atoms with van der Waals surface area (Å²) in [4.78, 5) is 30.2. The normalized spacial score (nSPS) is 30.3. The molecule has 4 nitrogen and oxygen atoms in total. The predicted octanol–water partition coefficient (Wildman–Crippen LogP) is 2.91. The Hall–Kier alpha value is -2.46. The number of amides is 1. The number of nitrogens with zero attached hydrogens (tertiary/aromatic N) is 2. The second-order valence-electron chi connectivity index (χ2n) is 7.75. The zero-order chi connectivity index (χ0) is 17.9. The number of anilines is 1. The molecule has 3 aliphatic heterocycles. The van der Waals surface area contributed by atoms with Crippen LogP contribution in [0.25, 0.3) is 0 Å². The minimum absolute atomic E-state index is 0.0870. The van der Waals surface area contributed by atoms with E-state index in [-0.39, 0.29) is 23.8 Å². The number of benzene rings is 2. The summed E-state index contributed by atoms with van der Waals surface area (Å²) in [7, 11) is 1.86. The zero-order valence-corrected chi connectivity index (χ0v) is 14.9. The molecular weight excluding hydrogens is 324 g/mol. The highest BCUT2D eigenvalue weighted by Crippen LogP contribution is 2.55. The molecule has 0 unspecified atom stereocenters. The monoisotopic (exact) mass is 346 g/mol. The first-order valence-corrected chi connectivity index (χ1v) is 9.33. The van der Waals surface area contributed by atoms with E-state index in [2.05, 4.69) is 23.1 Å². The van der Waals surface area contributed by atoms with Crippen LogP contribution in [-0.2, 0) is 21.5 Å². The first-order chi connectivity index (χ1) is 12.6. The van der Waals surface area contributed by atoms with Gasteiger partial charge in [-0.15, -0.1) is 0 Å². The molecule has 1 spiro atoms. The van der Waals surface area contributed by atoms with Gasteiger partial charge in [0.05, 0.1) is 11.5 Å². The molecule has 26 heavy (non-hydrogen) atoms. The number of hydrogen-bond donors (Lipinski definition) is 0. The van der Waals surface area contributed by atoms with Crippen molar-refractivity contribution < 1.29 is 9.59 Å². The van der Waals surface area contributed by atoms with Crippen LogP contribution in [-0.4, -0.2) is 35.7 Å². The Balaban J connectivity index is 1.62. The summed E-state index contributed by atoms with van der Waals surface area (Å²) in [6.07, 6.45) is 1.96. The van der Waals surface area contributed by atoms with Crippen LogP contribution in [0.3, 0.4) is 0 Å². The van der Waals surface area contributed by atoms with Crippen molar-refractivity contribution in [2.75, 3.05) is 11.9 Å². The number of para-hydroxylation sites is 1. The fourth-order valence-electron chi connectivity index (χ4n) is 5.42. The molecule has 5 rings (SSSR count). The van der Waals surface area contributed by atoms with Crippen molar-refractivity contribution >= 4 is 17.4 Å². The van der Waals surface area contributed by atoms with Gasteiger partial charge in [0, 0.05) is 31.7 Å². The van der Waals surface area contributed by atoms with Crippen molar-refractivity contribution in [1.82, 2.24) is 4.90 Å². The van der Waals surface area contributed by atoms with Crippen LogP contribution in [0.5, 0.6) is 0 Å². The molecule has 0 aromatic heterocycles. The molecular formula is C22H22N2O2. The molecule has 0 saturated carbocycles. The minimum atomic E-state index is -0.572. The van der Waals surface area contributed by atoms with E-state index in [1.54, 1.807) is 4.90 Å². The highest BCUT2D eigenvalue weighted by atomic mass is 16.2. The number of fused-ring (bicyclic) bond motifs is 5. The van der Waals surface area contributed by atoms with E-state index in [0.29, 0.717) is 12.8 Å². The Kier molecular flexibility index (Phi) is 3.35. The highest BCUT2D eigenvalue weighted by molar-refractivity contribution is 6.09. The zero-order valence-electron chi connectivity index (χ0n) is 14.9. The molecule has 132 valence electrons. The molecule has 0 radical (unpaired) electrons. The maximum absolute atomic E-state index is 13.4. The van der Waals surface area contributed by atoms with E-state index < -0.39 is 5.41 Å². The topological polar surface area (TPSA) is 40.6 Å². The van der Waals surface area contributed by atoms with Crippen LogP contribution in [0.2, 0.25) is 0 Å². The minimum Gasteiger partial charge on any atom is -0.314 e. The summed E-state index contributed by atoms with van der Waals surface area (Å²) >= 11 is 0. The Labute approximate surface area is 153 Å². The van der Waals surface area contributed by atoms with Gasteiger partial charge < -0.3 is 4.90 Å². The van der Waals surface area contributed by atoms with E-state index in [9.17, 15) is 9.59 Å². The van der Waals surface area contributed by atoms with Gasteiger partial charge in [-0.3, -0.25) is 14.5 Å². The first-order valence-electron chi connectivity index (χ1n) is 9.33. The molecule has 0 N–H and O–H groups in total. The van der Waals surface area contributed by atoms with Gasteiger partial charge in [-0.25, -0.2) is 0 Å². The van der Waals surface area contributed by atoms with Crippen LogP contribution in [0.15, 0.2) is 54.6 Å². The lowest BCUT2D eigenvalue weighted by Crippen LogP contribution is -2.51. The number of rotatable bonds is 2. The van der Waals surface area contributed by atoms with Gasteiger partial charge in [0.25, 0.3) is 0 Å². The van der Waals surface area contributed by atoms with E-state index >= 15 is 0 Å². The number of ketones is 1. The fourth-order valence-corrected chi connectivity index (χ4v) is 5.42. The summed E-state index contributed by atoms with van der Waals surface area (Å²) in [6.45, 7) is 0.725. The Morgan fingerprint density at radius 3 is 2.58 bits per heavy atom. The lowest BCUT2D eigenvalue weighted by atomic mass is 9.74. The molecule has 3 heterocycles. The van der Waals surface area contributed by atoms with Crippen LogP contribution in [0, 0.1) is 0 Å². The number of carbonyl (C=O) groups is 2. The third-order valence-electron chi connectivity index (χ3n) is 6.56. The van der Waals surface area contributed by atoms with Crippen molar-refractivity contribution in [3.63, 3.8) is 0 Å². The molecule has 2 fully saturated rings. The third kappa shape index (κ3) is 1.93. The van der Waals surface area contributed by atoms with Crippen LogP contribution in [0.4, 0.5) is 5.69 Å². The predicted molar refractivity (Wildman–Crippen MR) is 99.9 cm³/mol. The number of hydrogen-bond acceptors (Lipinski definition) is 3. The largest absolute Gasteiger partial charge is 0.314 e. The molecule has 2 aromatic carbocycles. The van der Waals surface area contributed by atoms with Gasteiger partial charge >= 0.3 is 0 Å². The summed E-state index contributed by atoms with van der Waals surface area (Å²) in [6, 6.07) is 18.3. The molecule has 0 aliphatic carbocycles. The third-order valence-corrected chi connectivity index (χ3v) is 6.56. The molecule has 2 aromatic rings. The average Bonchev–Trinajstić information content (AvgIpc) is 3.03. The van der Waals surface area contributed by atoms with Gasteiger partial charge in [0.2, 0.25) is 5.91 Å². The standard InChI is InChI=1S/C22H22N2O2/c1-23-17-10-6-5-9-16(17)22(21(23)26)13-18-19(25)11-12-20(22)24(18)14-15-7-3-2-4-8-15/h2-10,18,20H,11-14H2,1H3/t18-,20-,22+/m0/s1. The average molecular weight is 346 g/mol. The molecule has 3 atom stereocenters. The van der Waals surface area contributed by atoms with Crippen LogP contribution >= 0.6 is 0 Å². The van der Waals surface area contributed by atoms with E-state index in [4.69, 9.17) is 0 Å². The summed E-state index contributed by atoms with van der Waals surface area (Å²) in [5.41, 5.74) is 2.72. The lowest BCUT2D eigenvalue weighted by Gasteiger charge is -2.37. The molecule has 2 bridgehead atoms. The summed E-state index contributed by atoms with van der Waals surface area (Å²) in [5.74, 6) is 0.438. The second kappa shape index (κ2) is 5.52. The quantitative estimate of drug-likeness (QED) is 0.839. The first kappa shape index (κ1) is 15.8. The van der Waals surface area contributed by atoms with Gasteiger partial charge in [-0.2, -0.15) is 0 Å². The van der Waals surface area contributed by atoms with E-state index in [1.807, 2.05) is 43.4 Å². The lowest BCUT2D eigenvalue weighted by molar-refractivity contribution is -0.128. The van der Waals surface area contributed by atoms with Gasteiger partial charge in [-0.05, 0) is 30.0 Å². The van der Waals surface area contributed by atoms with Crippen LogP contribution < -0.4 is 4.90 Å². The SMILES string of the molecule is CN1C(=O)[C@]2(C[C@H]3C(=O)CC[C@@H]2N3Cc2ccccc2)c2ccccc21. The highest BCUT2D eigenvalue weighted by Gasteiger charge is 2.64. The molecule has 2 saturated heterocycles. The second-order valence-corrected chi connectivity index (χ2v) is 7.75. The molecule has 1 amide bonds. The molecule has 4 heteroatoms. The van der Waals surface area contributed by atoms with Crippen LogP contribution in [0.1, 0.15) is 30.4 Å². The van der Waals surface area contributed by atoms with Gasteiger partial charge in [0.15, 0.2) is 0 Å². The number of likely N-dealkylation sites (N-methyl/N-ethyl adjacent to an activating group) is 1. The van der Waals surface area contributed by atoms with Gasteiger partial charge in [-0.1, -0.05) is 48.5 Å². The maximum atomic E-state index is 13.4. The fraction of sp³-hybridized carbons (Fsp3) is 0.364.